The molecule has 0 aliphatic heterocycles. The molecule has 29 heavy (non-hydrogen) atoms. The first-order chi connectivity index (χ1) is 14.1. The van der Waals surface area contributed by atoms with E-state index in [0.717, 1.165) is 30.6 Å². The predicted octanol–water partition coefficient (Wildman–Crippen LogP) is 4.31. The lowest BCUT2D eigenvalue weighted by molar-refractivity contribution is -0.132. The summed E-state index contributed by atoms with van der Waals surface area (Å²) in [5.41, 5.74) is 3.37. The lowest BCUT2D eigenvalue weighted by Gasteiger charge is -2.20. The Balaban J connectivity index is 1.35. The largest absolute Gasteiger partial charge is 0.483 e. The van der Waals surface area contributed by atoms with Gasteiger partial charge in [0.2, 0.25) is 11.7 Å². The van der Waals surface area contributed by atoms with Crippen LogP contribution in [0.4, 0.5) is 0 Å². The van der Waals surface area contributed by atoms with Crippen LogP contribution in [0.2, 0.25) is 5.02 Å². The smallest absolute Gasteiger partial charge is 0.260 e. The standard InChI is InChI=1S/C22H22ClN3O3/c1-26(13-20-24-22(25-29-20)16-9-11-17(23)12-10-16)21(27)14-28-19-8-4-6-15-5-2-3-7-18(15)19/h4,6,8-12H,2-3,5,7,13-14H2,1H3. The van der Waals surface area contributed by atoms with Gasteiger partial charge in [-0.3, -0.25) is 4.79 Å². The number of benzene rings is 2. The first-order valence-electron chi connectivity index (χ1n) is 9.66. The van der Waals surface area contributed by atoms with Gasteiger partial charge in [0.05, 0.1) is 6.54 Å². The van der Waals surface area contributed by atoms with E-state index >= 15 is 0 Å². The zero-order chi connectivity index (χ0) is 20.2. The number of ether oxygens (including phenoxy) is 1. The maximum atomic E-state index is 12.5. The monoisotopic (exact) mass is 411 g/mol. The van der Waals surface area contributed by atoms with Crippen molar-refractivity contribution in [1.29, 1.82) is 0 Å². The number of carbonyl (C=O) groups is 1. The first kappa shape index (κ1) is 19.5. The molecule has 7 heteroatoms. The number of aromatic nitrogens is 2. The third-order valence-corrected chi connectivity index (χ3v) is 5.32. The second-order valence-corrected chi connectivity index (χ2v) is 7.59. The van der Waals surface area contributed by atoms with E-state index in [-0.39, 0.29) is 19.1 Å². The van der Waals surface area contributed by atoms with Crippen molar-refractivity contribution in [3.05, 3.63) is 64.5 Å². The van der Waals surface area contributed by atoms with Gasteiger partial charge in [-0.1, -0.05) is 28.9 Å². The first-order valence-corrected chi connectivity index (χ1v) is 10.0. The van der Waals surface area contributed by atoms with Gasteiger partial charge in [-0.15, -0.1) is 0 Å². The van der Waals surface area contributed by atoms with E-state index in [9.17, 15) is 4.79 Å². The van der Waals surface area contributed by atoms with Crippen molar-refractivity contribution in [3.63, 3.8) is 0 Å². The Morgan fingerprint density at radius 3 is 2.79 bits per heavy atom. The van der Waals surface area contributed by atoms with Gasteiger partial charge < -0.3 is 14.2 Å². The highest BCUT2D eigenvalue weighted by molar-refractivity contribution is 6.30. The number of hydrogen-bond acceptors (Lipinski definition) is 5. The van der Waals surface area contributed by atoms with Crippen LogP contribution in [0, 0.1) is 0 Å². The molecule has 1 aliphatic rings. The van der Waals surface area contributed by atoms with Crippen LogP contribution in [-0.4, -0.2) is 34.6 Å². The minimum Gasteiger partial charge on any atom is -0.483 e. The quantitative estimate of drug-likeness (QED) is 0.604. The molecule has 0 bridgehead atoms. The molecule has 4 rings (SSSR count). The highest BCUT2D eigenvalue weighted by atomic mass is 35.5. The lowest BCUT2D eigenvalue weighted by Crippen LogP contribution is -2.31. The van der Waals surface area contributed by atoms with Crippen molar-refractivity contribution in [1.82, 2.24) is 15.0 Å². The summed E-state index contributed by atoms with van der Waals surface area (Å²) in [7, 11) is 1.69. The molecule has 0 saturated heterocycles. The molecule has 150 valence electrons. The number of aryl methyl sites for hydroxylation is 1. The van der Waals surface area contributed by atoms with E-state index in [4.69, 9.17) is 20.9 Å². The minimum atomic E-state index is -0.148. The maximum absolute atomic E-state index is 12.5. The van der Waals surface area contributed by atoms with Crippen LogP contribution in [-0.2, 0) is 24.2 Å². The number of hydrogen-bond donors (Lipinski definition) is 0. The highest BCUT2D eigenvalue weighted by Crippen LogP contribution is 2.29. The van der Waals surface area contributed by atoms with Crippen molar-refractivity contribution in [2.24, 2.45) is 0 Å². The summed E-state index contributed by atoms with van der Waals surface area (Å²) in [4.78, 5) is 18.4. The molecular formula is C22H22ClN3O3. The number of carbonyl (C=O) groups excluding carboxylic acids is 1. The summed E-state index contributed by atoms with van der Waals surface area (Å²) in [6.07, 6.45) is 4.45. The third-order valence-electron chi connectivity index (χ3n) is 5.07. The van der Waals surface area contributed by atoms with Crippen molar-refractivity contribution in [3.8, 4) is 17.1 Å². The van der Waals surface area contributed by atoms with Crippen LogP contribution in [0.25, 0.3) is 11.4 Å². The van der Waals surface area contributed by atoms with Crippen molar-refractivity contribution in [2.45, 2.75) is 32.2 Å². The average molecular weight is 412 g/mol. The van der Waals surface area contributed by atoms with Gasteiger partial charge in [0.25, 0.3) is 5.91 Å². The average Bonchev–Trinajstić information content (AvgIpc) is 3.20. The third kappa shape index (κ3) is 4.59. The van der Waals surface area contributed by atoms with Crippen LogP contribution >= 0.6 is 11.6 Å². The molecule has 3 aromatic rings. The molecule has 1 aliphatic carbocycles. The normalized spacial score (nSPS) is 13.0. The summed E-state index contributed by atoms with van der Waals surface area (Å²) in [6.45, 7) is 0.195. The molecule has 1 heterocycles. The summed E-state index contributed by atoms with van der Waals surface area (Å²) < 4.78 is 11.1. The second-order valence-electron chi connectivity index (χ2n) is 7.16. The van der Waals surface area contributed by atoms with Gasteiger partial charge in [-0.2, -0.15) is 4.98 Å². The molecular weight excluding hydrogens is 390 g/mol. The summed E-state index contributed by atoms with van der Waals surface area (Å²) in [5, 5.41) is 4.61. The van der Waals surface area contributed by atoms with Gasteiger partial charge >= 0.3 is 0 Å². The number of rotatable bonds is 6. The number of fused-ring (bicyclic) bond motifs is 1. The van der Waals surface area contributed by atoms with Gasteiger partial charge in [0, 0.05) is 17.6 Å². The van der Waals surface area contributed by atoms with E-state index in [0.29, 0.717) is 16.7 Å². The fourth-order valence-corrected chi connectivity index (χ4v) is 3.58. The summed E-state index contributed by atoms with van der Waals surface area (Å²) >= 11 is 5.90. The topological polar surface area (TPSA) is 68.5 Å². The van der Waals surface area contributed by atoms with Gasteiger partial charge in [-0.25, -0.2) is 0 Å². The molecule has 0 radical (unpaired) electrons. The Morgan fingerprint density at radius 2 is 1.97 bits per heavy atom. The molecule has 0 unspecified atom stereocenters. The number of halogens is 1. The second kappa shape index (κ2) is 8.66. The molecule has 1 aromatic heterocycles. The van der Waals surface area contributed by atoms with Crippen molar-refractivity contribution < 1.29 is 14.1 Å². The Labute approximate surface area is 174 Å². The zero-order valence-corrected chi connectivity index (χ0v) is 17.0. The molecule has 6 nitrogen and oxygen atoms in total. The number of amides is 1. The van der Waals surface area contributed by atoms with Crippen LogP contribution < -0.4 is 4.74 Å². The van der Waals surface area contributed by atoms with Crippen LogP contribution in [0.1, 0.15) is 29.9 Å². The summed E-state index contributed by atoms with van der Waals surface area (Å²) in [6, 6.07) is 13.2. The number of nitrogens with zero attached hydrogens (tertiary/aromatic N) is 3. The Morgan fingerprint density at radius 1 is 1.17 bits per heavy atom. The SMILES string of the molecule is CN(Cc1nc(-c2ccc(Cl)cc2)no1)C(=O)COc1cccc2c1CCCC2. The molecule has 2 aromatic carbocycles. The van der Waals surface area contributed by atoms with Gasteiger partial charge in [0.1, 0.15) is 5.75 Å². The van der Waals surface area contributed by atoms with E-state index < -0.39 is 0 Å². The van der Waals surface area contributed by atoms with Crippen LogP contribution in [0.3, 0.4) is 0 Å². The van der Waals surface area contributed by atoms with E-state index in [1.54, 1.807) is 19.2 Å². The maximum Gasteiger partial charge on any atom is 0.260 e. The zero-order valence-electron chi connectivity index (χ0n) is 16.2. The van der Waals surface area contributed by atoms with E-state index in [1.807, 2.05) is 24.3 Å². The van der Waals surface area contributed by atoms with Crippen molar-refractivity contribution >= 4 is 17.5 Å². The fraction of sp³-hybridized carbons (Fsp3) is 0.318. The van der Waals surface area contributed by atoms with E-state index in [1.165, 1.54) is 22.4 Å². The molecule has 0 spiro atoms. The highest BCUT2D eigenvalue weighted by Gasteiger charge is 2.18. The lowest BCUT2D eigenvalue weighted by atomic mass is 9.91. The summed E-state index contributed by atoms with van der Waals surface area (Å²) in [5.74, 6) is 1.49. The predicted molar refractivity (Wildman–Crippen MR) is 110 cm³/mol. The molecule has 0 saturated carbocycles. The van der Waals surface area contributed by atoms with Gasteiger partial charge in [0.15, 0.2) is 6.61 Å². The Kier molecular flexibility index (Phi) is 5.81. The van der Waals surface area contributed by atoms with Crippen LogP contribution in [0.15, 0.2) is 47.0 Å². The van der Waals surface area contributed by atoms with Crippen LogP contribution in [0.5, 0.6) is 5.75 Å². The molecule has 1 amide bonds. The van der Waals surface area contributed by atoms with Gasteiger partial charge in [-0.05, 0) is 67.1 Å². The molecule has 0 N–H and O–H groups in total. The minimum absolute atomic E-state index is 0.0227. The Bertz CT molecular complexity index is 1000. The number of likely N-dealkylation sites (N-methyl/N-ethyl adjacent to an activating group) is 1. The molecule has 0 fully saturated rings. The van der Waals surface area contributed by atoms with E-state index in [2.05, 4.69) is 16.2 Å². The molecule has 0 atom stereocenters. The van der Waals surface area contributed by atoms with Crippen molar-refractivity contribution in [2.75, 3.05) is 13.7 Å². The Hall–Kier alpha value is -2.86. The fourth-order valence-electron chi connectivity index (χ4n) is 3.46.